The zero-order valence-corrected chi connectivity index (χ0v) is 20.6. The first kappa shape index (κ1) is 23.7. The highest BCUT2D eigenvalue weighted by Gasteiger charge is 2.33. The molecule has 0 bridgehead atoms. The number of hydrogen-bond donors (Lipinski definition) is 1. The lowest BCUT2D eigenvalue weighted by Gasteiger charge is -2.34. The zero-order chi connectivity index (χ0) is 23.9. The quantitative estimate of drug-likeness (QED) is 0.333. The smallest absolute Gasteiger partial charge is 0.126 e. The third-order valence-corrected chi connectivity index (χ3v) is 7.46. The summed E-state index contributed by atoms with van der Waals surface area (Å²) in [6.07, 6.45) is 7.69. The molecule has 35 heavy (non-hydrogen) atoms. The number of rotatable bonds is 10. The van der Waals surface area contributed by atoms with E-state index >= 15 is 0 Å². The summed E-state index contributed by atoms with van der Waals surface area (Å²) >= 11 is 0. The van der Waals surface area contributed by atoms with E-state index in [0.29, 0.717) is 6.61 Å². The van der Waals surface area contributed by atoms with Crippen molar-refractivity contribution in [3.8, 4) is 17.2 Å². The van der Waals surface area contributed by atoms with Crippen LogP contribution in [0.25, 0.3) is 0 Å². The summed E-state index contributed by atoms with van der Waals surface area (Å²) in [5, 5.41) is 9.97. The van der Waals surface area contributed by atoms with E-state index in [1.54, 1.807) is 12.1 Å². The van der Waals surface area contributed by atoms with Crippen LogP contribution in [-0.2, 0) is 0 Å². The number of ether oxygens (including phenoxy) is 2. The van der Waals surface area contributed by atoms with Crippen LogP contribution in [0.15, 0.2) is 72.8 Å². The molecule has 0 amide bonds. The Morgan fingerprint density at radius 2 is 1.60 bits per heavy atom. The van der Waals surface area contributed by atoms with Gasteiger partial charge in [0, 0.05) is 23.5 Å². The summed E-state index contributed by atoms with van der Waals surface area (Å²) in [4.78, 5) is 2.60. The monoisotopic (exact) mass is 471 g/mol. The molecule has 3 aromatic rings. The van der Waals surface area contributed by atoms with Gasteiger partial charge in [0.2, 0.25) is 0 Å². The molecule has 1 N–H and O–H groups in total. The van der Waals surface area contributed by atoms with Crippen molar-refractivity contribution in [3.63, 3.8) is 0 Å². The van der Waals surface area contributed by atoms with Crippen LogP contribution in [0.2, 0.25) is 0 Å². The lowest BCUT2D eigenvalue weighted by Crippen LogP contribution is -2.25. The van der Waals surface area contributed by atoms with Gasteiger partial charge in [-0.1, -0.05) is 61.4 Å². The summed E-state index contributed by atoms with van der Waals surface area (Å²) < 4.78 is 12.1. The van der Waals surface area contributed by atoms with Crippen LogP contribution in [0, 0.1) is 0 Å². The average Bonchev–Trinajstić information content (AvgIpc) is 3.42. The van der Waals surface area contributed by atoms with Crippen molar-refractivity contribution < 1.29 is 14.6 Å². The average molecular weight is 472 g/mol. The summed E-state index contributed by atoms with van der Waals surface area (Å²) in [5.74, 6) is 2.31. The molecule has 2 heterocycles. The van der Waals surface area contributed by atoms with Crippen molar-refractivity contribution in [1.82, 2.24) is 4.90 Å². The molecule has 5 rings (SSSR count). The van der Waals surface area contributed by atoms with Gasteiger partial charge in [-0.05, 0) is 74.6 Å². The molecule has 0 saturated carbocycles. The van der Waals surface area contributed by atoms with E-state index in [1.807, 2.05) is 12.1 Å². The molecular weight excluding hydrogens is 434 g/mol. The Kier molecular flexibility index (Phi) is 7.89. The molecule has 2 aliphatic rings. The molecule has 184 valence electrons. The predicted molar refractivity (Wildman–Crippen MR) is 141 cm³/mol. The van der Waals surface area contributed by atoms with Gasteiger partial charge in [0.15, 0.2) is 0 Å². The number of phenols is 1. The van der Waals surface area contributed by atoms with Crippen molar-refractivity contribution in [2.24, 2.45) is 0 Å². The van der Waals surface area contributed by atoms with E-state index < -0.39 is 0 Å². The van der Waals surface area contributed by atoms with Crippen LogP contribution in [0.5, 0.6) is 17.2 Å². The molecule has 2 aliphatic heterocycles. The molecule has 0 radical (unpaired) electrons. The minimum Gasteiger partial charge on any atom is -0.508 e. The maximum atomic E-state index is 9.97. The number of hydrogen-bond acceptors (Lipinski definition) is 4. The molecule has 0 spiro atoms. The van der Waals surface area contributed by atoms with Gasteiger partial charge >= 0.3 is 0 Å². The molecule has 4 nitrogen and oxygen atoms in total. The summed E-state index contributed by atoms with van der Waals surface area (Å²) in [6, 6.07) is 24.6. The topological polar surface area (TPSA) is 41.9 Å². The lowest BCUT2D eigenvalue weighted by molar-refractivity contribution is 0.247. The van der Waals surface area contributed by atoms with Gasteiger partial charge in [-0.25, -0.2) is 0 Å². The molecule has 0 aliphatic carbocycles. The van der Waals surface area contributed by atoms with E-state index in [1.165, 1.54) is 62.9 Å². The molecule has 1 saturated heterocycles. The van der Waals surface area contributed by atoms with Crippen LogP contribution >= 0.6 is 0 Å². The maximum Gasteiger partial charge on any atom is 0.126 e. The van der Waals surface area contributed by atoms with Gasteiger partial charge in [0.05, 0.1) is 13.2 Å². The van der Waals surface area contributed by atoms with E-state index in [4.69, 9.17) is 9.47 Å². The van der Waals surface area contributed by atoms with Crippen molar-refractivity contribution in [2.75, 3.05) is 32.8 Å². The first-order chi connectivity index (χ1) is 17.3. The number of aromatic hydroxyl groups is 1. The van der Waals surface area contributed by atoms with Crippen molar-refractivity contribution >= 4 is 0 Å². The fourth-order valence-electron chi connectivity index (χ4n) is 5.56. The minimum absolute atomic E-state index is 0.159. The van der Waals surface area contributed by atoms with E-state index in [0.717, 1.165) is 30.1 Å². The van der Waals surface area contributed by atoms with Gasteiger partial charge in [0.25, 0.3) is 0 Å². The molecule has 3 aromatic carbocycles. The third-order valence-electron chi connectivity index (χ3n) is 7.46. The first-order valence-corrected chi connectivity index (χ1v) is 13.2. The van der Waals surface area contributed by atoms with Gasteiger partial charge < -0.3 is 19.5 Å². The Morgan fingerprint density at radius 1 is 0.829 bits per heavy atom. The van der Waals surface area contributed by atoms with Gasteiger partial charge in [-0.3, -0.25) is 0 Å². The normalized spacial score (nSPS) is 19.8. The summed E-state index contributed by atoms with van der Waals surface area (Å²) in [7, 11) is 0. The standard InChI is InChI=1S/C31H37NO3/c33-26-14-17-28-30(22-26)35-23-29(24-10-4-3-5-11-24)31(28)25-12-15-27(16-13-25)34-21-9-2-1-6-18-32-19-7-8-20-32/h3-5,10-17,22,29,31,33H,1-2,6-9,18-21,23H2/t29-,31?/m1/s1. The number of nitrogens with zero attached hydrogens (tertiary/aromatic N) is 1. The van der Waals surface area contributed by atoms with E-state index in [2.05, 4.69) is 53.4 Å². The number of benzene rings is 3. The van der Waals surface area contributed by atoms with Crippen molar-refractivity contribution in [3.05, 3.63) is 89.5 Å². The fourth-order valence-corrected chi connectivity index (χ4v) is 5.56. The largest absolute Gasteiger partial charge is 0.508 e. The molecule has 2 atom stereocenters. The second kappa shape index (κ2) is 11.6. The van der Waals surface area contributed by atoms with Crippen LogP contribution in [0.1, 0.15) is 67.1 Å². The molecular formula is C31H37NO3. The summed E-state index contributed by atoms with van der Waals surface area (Å²) in [5.41, 5.74) is 3.62. The number of fused-ring (bicyclic) bond motifs is 1. The highest BCUT2D eigenvalue weighted by atomic mass is 16.5. The number of unbranched alkanes of at least 4 members (excludes halogenated alkanes) is 3. The second-order valence-corrected chi connectivity index (χ2v) is 9.91. The fraction of sp³-hybridized carbons (Fsp3) is 0.419. The minimum atomic E-state index is 0.159. The SMILES string of the molecule is Oc1ccc2c(c1)OC[C@H](c1ccccc1)C2c1ccc(OCCCCCCN2CCCC2)cc1. The Labute approximate surface area is 209 Å². The van der Waals surface area contributed by atoms with Crippen LogP contribution in [0.4, 0.5) is 0 Å². The lowest BCUT2D eigenvalue weighted by atomic mass is 9.76. The first-order valence-electron chi connectivity index (χ1n) is 13.2. The van der Waals surface area contributed by atoms with Crippen LogP contribution in [-0.4, -0.2) is 42.9 Å². The van der Waals surface area contributed by atoms with Gasteiger partial charge in [-0.15, -0.1) is 0 Å². The van der Waals surface area contributed by atoms with Gasteiger partial charge in [0.1, 0.15) is 17.2 Å². The van der Waals surface area contributed by atoms with E-state index in [-0.39, 0.29) is 17.6 Å². The van der Waals surface area contributed by atoms with Crippen molar-refractivity contribution in [2.45, 2.75) is 50.4 Å². The third kappa shape index (κ3) is 5.99. The second-order valence-electron chi connectivity index (χ2n) is 9.91. The molecule has 4 heteroatoms. The zero-order valence-electron chi connectivity index (χ0n) is 20.6. The molecule has 1 fully saturated rings. The molecule has 0 aromatic heterocycles. The summed E-state index contributed by atoms with van der Waals surface area (Å²) in [6.45, 7) is 5.22. The predicted octanol–water partition coefficient (Wildman–Crippen LogP) is 6.74. The number of likely N-dealkylation sites (tertiary alicyclic amines) is 1. The Balaban J connectivity index is 1.19. The Bertz CT molecular complexity index is 1060. The highest BCUT2D eigenvalue weighted by molar-refractivity contribution is 5.50. The van der Waals surface area contributed by atoms with E-state index in [9.17, 15) is 5.11 Å². The Hall–Kier alpha value is -2.98. The van der Waals surface area contributed by atoms with Crippen LogP contribution in [0.3, 0.4) is 0 Å². The Morgan fingerprint density at radius 3 is 2.40 bits per heavy atom. The molecule has 1 unspecified atom stereocenters. The maximum absolute atomic E-state index is 9.97. The highest BCUT2D eigenvalue weighted by Crippen LogP contribution is 2.47. The van der Waals surface area contributed by atoms with Gasteiger partial charge in [-0.2, -0.15) is 0 Å². The van der Waals surface area contributed by atoms with Crippen molar-refractivity contribution in [1.29, 1.82) is 0 Å². The van der Waals surface area contributed by atoms with Crippen LogP contribution < -0.4 is 9.47 Å². The number of phenolic OH excluding ortho intramolecular Hbond substituents is 1.